The summed E-state index contributed by atoms with van der Waals surface area (Å²) < 4.78 is 13.3. The van der Waals surface area contributed by atoms with Gasteiger partial charge < -0.3 is 13.9 Å². The summed E-state index contributed by atoms with van der Waals surface area (Å²) >= 11 is 0. The molecule has 3 heterocycles. The molecule has 0 bridgehead atoms. The first-order valence-electron chi connectivity index (χ1n) is 31.3. The number of ether oxygens (including phenoxy) is 1. The molecule has 0 spiro atoms. The summed E-state index contributed by atoms with van der Waals surface area (Å²) in [5, 5.41) is 7.60. The topological polar surface area (TPSA) is 35.9 Å². The molecule has 0 N–H and O–H groups in total. The van der Waals surface area contributed by atoms with Crippen molar-refractivity contribution in [1.29, 1.82) is 0 Å². The van der Waals surface area contributed by atoms with E-state index in [1.807, 2.05) is 24.4 Å². The molecule has 0 radical (unpaired) electrons. The first-order chi connectivity index (χ1) is 43.5. The minimum atomic E-state index is -3.06. The van der Waals surface area contributed by atoms with E-state index in [1.165, 1.54) is 37.4 Å². The number of para-hydroxylation sites is 4. The number of rotatable bonds is 12. The molecule has 14 rings (SSSR count). The summed E-state index contributed by atoms with van der Waals surface area (Å²) in [6.45, 7) is 20.9. The largest absolute Gasteiger partial charge is 0.510 e. The normalized spacial score (nSPS) is 12.1. The molecule has 450 valence electrons. The SMILES string of the molecule is CC(C)(C)c1cccc([Si](c2cccc(-c3ccc(-n4c5[c-]c(Oc6[c-]c(-n7[c-][n+](-c8c(-c9ccccc9)cccc8-c8ccccc8)c8ccccc87)ccc6)ccc5c5ccccc54)nc3)c2)(c2cccc(C(C)(C)C)c2)c2cccc(C(C)(C)C)c2)c1.[Pt]. The van der Waals surface area contributed by atoms with Crippen molar-refractivity contribution in [1.82, 2.24) is 14.1 Å². The summed E-state index contributed by atoms with van der Waals surface area (Å²) in [4.78, 5) is 5.33. The van der Waals surface area contributed by atoms with Crippen LogP contribution in [0.15, 0.2) is 273 Å². The Morgan fingerprint density at radius 1 is 0.407 bits per heavy atom. The number of aromatic nitrogens is 4. The molecule has 7 heteroatoms. The number of hydrogen-bond donors (Lipinski definition) is 0. The maximum atomic E-state index is 6.80. The monoisotopic (exact) mass is 1380 g/mol. The third-order valence-electron chi connectivity index (χ3n) is 17.9. The molecule has 0 aliphatic carbocycles. The first-order valence-corrected chi connectivity index (χ1v) is 33.3. The molecule has 0 aliphatic rings. The molecule has 5 nitrogen and oxygen atoms in total. The van der Waals surface area contributed by atoms with Gasteiger partial charge in [0.2, 0.25) is 0 Å². The molecule has 14 aromatic rings. The Morgan fingerprint density at radius 3 is 1.47 bits per heavy atom. The van der Waals surface area contributed by atoms with Crippen molar-refractivity contribution in [2.45, 2.75) is 78.6 Å². The van der Waals surface area contributed by atoms with Gasteiger partial charge >= 0.3 is 0 Å². The van der Waals surface area contributed by atoms with Crippen molar-refractivity contribution >= 4 is 61.7 Å². The van der Waals surface area contributed by atoms with Crippen molar-refractivity contribution in [3.63, 3.8) is 0 Å². The predicted octanol–water partition coefficient (Wildman–Crippen LogP) is 17.9. The second kappa shape index (κ2) is 24.1. The average molecular weight is 1380 g/mol. The Labute approximate surface area is 551 Å². The van der Waals surface area contributed by atoms with Crippen LogP contribution in [0.25, 0.3) is 83.4 Å². The maximum absolute atomic E-state index is 6.80. The van der Waals surface area contributed by atoms with Crippen LogP contribution in [0.3, 0.4) is 0 Å². The summed E-state index contributed by atoms with van der Waals surface area (Å²) in [5.41, 5.74) is 16.2. The third-order valence-corrected chi connectivity index (χ3v) is 22.6. The number of pyridine rings is 1. The van der Waals surface area contributed by atoms with Crippen LogP contribution in [-0.4, -0.2) is 22.2 Å². The maximum Gasteiger partial charge on any atom is 0.268 e. The van der Waals surface area contributed by atoms with Gasteiger partial charge in [-0.15, -0.1) is 29.7 Å². The predicted molar refractivity (Wildman–Crippen MR) is 376 cm³/mol. The molecular formula is C84H72N4OPtSi-2. The Kier molecular flexibility index (Phi) is 16.0. The van der Waals surface area contributed by atoms with Gasteiger partial charge in [0.15, 0.2) is 8.07 Å². The van der Waals surface area contributed by atoms with Crippen LogP contribution in [0.2, 0.25) is 0 Å². The van der Waals surface area contributed by atoms with Gasteiger partial charge in [0.05, 0.1) is 16.7 Å². The van der Waals surface area contributed by atoms with E-state index in [-0.39, 0.29) is 37.3 Å². The van der Waals surface area contributed by atoms with Gasteiger partial charge in [0, 0.05) is 49.8 Å². The molecule has 0 amide bonds. The second-order valence-electron chi connectivity index (χ2n) is 26.9. The molecule has 0 aliphatic heterocycles. The van der Waals surface area contributed by atoms with E-state index in [2.05, 4.69) is 343 Å². The van der Waals surface area contributed by atoms with Gasteiger partial charge in [-0.2, -0.15) is 18.2 Å². The van der Waals surface area contributed by atoms with E-state index in [0.717, 1.165) is 83.4 Å². The van der Waals surface area contributed by atoms with Crippen molar-refractivity contribution in [3.05, 3.63) is 308 Å². The van der Waals surface area contributed by atoms with Crippen LogP contribution in [0.4, 0.5) is 0 Å². The average Bonchev–Trinajstić information content (AvgIpc) is 1.28. The van der Waals surface area contributed by atoms with Crippen LogP contribution in [0.1, 0.15) is 79.0 Å². The van der Waals surface area contributed by atoms with E-state index in [4.69, 9.17) is 9.72 Å². The van der Waals surface area contributed by atoms with Gasteiger partial charge in [0.1, 0.15) is 5.82 Å². The summed E-state index contributed by atoms with van der Waals surface area (Å²) in [7, 11) is -3.06. The molecule has 0 atom stereocenters. The molecule has 0 saturated carbocycles. The van der Waals surface area contributed by atoms with E-state index >= 15 is 0 Å². The first kappa shape index (κ1) is 60.5. The fraction of sp³-hybridized carbons (Fsp3) is 0.143. The summed E-state index contributed by atoms with van der Waals surface area (Å²) in [6.07, 6.45) is 5.83. The molecule has 0 unspecified atom stereocenters. The molecular weight excluding hydrogens is 1300 g/mol. The molecule has 91 heavy (non-hydrogen) atoms. The number of hydrogen-bond acceptors (Lipinski definition) is 2. The quantitative estimate of drug-likeness (QED) is 0.0529. The standard InChI is InChI=1S/C84H72N4OSi.Pt/c1-82(2,3)62-31-21-37-69(51-62)90(70-38-22-32-63(52-70)83(4,5)6,71-39-23-33-64(53-71)84(7,8)9)68-36-20-30-60(50-68)61-46-49-80(85-56-61)88-76-43-17-16-40-74(76)75-48-47-67(55-79(75)88)89-66-35-24-34-65(54-66)86-57-87(78-45-19-18-44-77(78)86)81-72(58-26-12-10-13-27-58)41-25-42-73(81)59-28-14-11-15-29-59;/h10-53,56H,1-9H3;/q-2;. The van der Waals surface area contributed by atoms with Crippen LogP contribution in [-0.2, 0) is 37.3 Å². The Morgan fingerprint density at radius 2 is 0.901 bits per heavy atom. The zero-order valence-corrected chi connectivity index (χ0v) is 56.3. The fourth-order valence-corrected chi connectivity index (χ4v) is 18.0. The number of fused-ring (bicyclic) bond motifs is 4. The zero-order chi connectivity index (χ0) is 61.9. The number of nitrogens with zero attached hydrogens (tertiary/aromatic N) is 4. The van der Waals surface area contributed by atoms with E-state index in [0.29, 0.717) is 11.5 Å². The van der Waals surface area contributed by atoms with Crippen molar-refractivity contribution in [2.24, 2.45) is 0 Å². The van der Waals surface area contributed by atoms with Gasteiger partial charge in [0.25, 0.3) is 6.33 Å². The van der Waals surface area contributed by atoms with E-state index in [9.17, 15) is 0 Å². The summed E-state index contributed by atoms with van der Waals surface area (Å²) in [6, 6.07) is 104. The van der Waals surface area contributed by atoms with Gasteiger partial charge in [-0.3, -0.25) is 4.57 Å². The van der Waals surface area contributed by atoms with Crippen molar-refractivity contribution in [3.8, 4) is 62.1 Å². The molecule has 11 aromatic carbocycles. The second-order valence-corrected chi connectivity index (χ2v) is 30.7. The van der Waals surface area contributed by atoms with E-state index in [1.54, 1.807) is 0 Å². The Balaban J connectivity index is 0.00000758. The molecule has 3 aromatic heterocycles. The minimum Gasteiger partial charge on any atom is -0.510 e. The smallest absolute Gasteiger partial charge is 0.268 e. The molecule has 0 fully saturated rings. The van der Waals surface area contributed by atoms with Crippen LogP contribution < -0.4 is 30.1 Å². The fourth-order valence-electron chi connectivity index (χ4n) is 13.1. The van der Waals surface area contributed by atoms with E-state index < -0.39 is 8.07 Å². The zero-order valence-electron chi connectivity index (χ0n) is 53.0. The number of imidazole rings is 1. The van der Waals surface area contributed by atoms with Crippen LogP contribution in [0.5, 0.6) is 11.5 Å². The van der Waals surface area contributed by atoms with Crippen molar-refractivity contribution in [2.75, 3.05) is 0 Å². The third kappa shape index (κ3) is 11.3. The number of benzene rings is 11. The molecule has 0 saturated heterocycles. The Hall–Kier alpha value is -9.45. The Bertz CT molecular complexity index is 4790. The summed E-state index contributed by atoms with van der Waals surface area (Å²) in [5.74, 6) is 1.91. The van der Waals surface area contributed by atoms with Crippen LogP contribution >= 0.6 is 0 Å². The van der Waals surface area contributed by atoms with Gasteiger partial charge in [-0.25, -0.2) is 4.98 Å². The van der Waals surface area contributed by atoms with Gasteiger partial charge in [-0.05, 0) is 111 Å². The van der Waals surface area contributed by atoms with Gasteiger partial charge in [-0.1, -0.05) is 286 Å². The minimum absolute atomic E-state index is 0. The van der Waals surface area contributed by atoms with Crippen LogP contribution in [0, 0.1) is 18.5 Å². The van der Waals surface area contributed by atoms with Crippen molar-refractivity contribution < 1.29 is 30.4 Å².